The second-order valence-corrected chi connectivity index (χ2v) is 5.03. The highest BCUT2D eigenvalue weighted by Crippen LogP contribution is 2.21. The van der Waals surface area contributed by atoms with Gasteiger partial charge in [-0.3, -0.25) is 0 Å². The zero-order valence-electron chi connectivity index (χ0n) is 10.2. The van der Waals surface area contributed by atoms with Crippen LogP contribution < -0.4 is 0 Å². The van der Waals surface area contributed by atoms with Crippen LogP contribution in [0.25, 0.3) is 0 Å². The normalized spacial score (nSPS) is 18.9. The number of hydrogen-bond donors (Lipinski definition) is 0. The summed E-state index contributed by atoms with van der Waals surface area (Å²) in [5.74, 6) is 0.670. The molecule has 1 heterocycles. The summed E-state index contributed by atoms with van der Waals surface area (Å²) >= 11 is 0. The molecule has 88 valence electrons. The van der Waals surface area contributed by atoms with Crippen LogP contribution in [0.15, 0.2) is 18.2 Å². The van der Waals surface area contributed by atoms with Gasteiger partial charge in [0.25, 0.3) is 0 Å². The summed E-state index contributed by atoms with van der Waals surface area (Å²) in [5.41, 5.74) is 1.89. The second kappa shape index (κ2) is 4.96. The van der Waals surface area contributed by atoms with Crippen LogP contribution in [0, 0.1) is 18.7 Å². The fraction of sp³-hybridized carbons (Fsp3) is 0.571. The van der Waals surface area contributed by atoms with Crippen LogP contribution in [-0.4, -0.2) is 25.0 Å². The molecular formula is C14H20FN. The van der Waals surface area contributed by atoms with Gasteiger partial charge in [0.15, 0.2) is 0 Å². The van der Waals surface area contributed by atoms with Crippen molar-refractivity contribution < 1.29 is 4.39 Å². The summed E-state index contributed by atoms with van der Waals surface area (Å²) in [6.45, 7) is 4.17. The first kappa shape index (κ1) is 11.6. The van der Waals surface area contributed by atoms with Gasteiger partial charge in [-0.25, -0.2) is 4.39 Å². The summed E-state index contributed by atoms with van der Waals surface area (Å²) < 4.78 is 13.4. The van der Waals surface area contributed by atoms with Crippen molar-refractivity contribution in [2.24, 2.45) is 5.92 Å². The SMILES string of the molecule is Cc1ccc(CC2CCN(C)CC2)cc1F. The third-order valence-corrected chi connectivity index (χ3v) is 3.60. The van der Waals surface area contributed by atoms with E-state index in [0.29, 0.717) is 0 Å². The lowest BCUT2D eigenvalue weighted by Crippen LogP contribution is -2.30. The van der Waals surface area contributed by atoms with Crippen molar-refractivity contribution in [3.63, 3.8) is 0 Å². The minimum atomic E-state index is -0.0644. The fourth-order valence-corrected chi connectivity index (χ4v) is 2.36. The first-order valence-electron chi connectivity index (χ1n) is 6.08. The molecule has 16 heavy (non-hydrogen) atoms. The number of benzene rings is 1. The number of halogens is 1. The zero-order valence-corrected chi connectivity index (χ0v) is 10.2. The van der Waals surface area contributed by atoms with E-state index >= 15 is 0 Å². The van der Waals surface area contributed by atoms with Crippen molar-refractivity contribution in [1.82, 2.24) is 4.90 Å². The molecule has 1 aromatic rings. The monoisotopic (exact) mass is 221 g/mol. The highest BCUT2D eigenvalue weighted by molar-refractivity contribution is 5.23. The van der Waals surface area contributed by atoms with E-state index in [-0.39, 0.29) is 5.82 Å². The van der Waals surface area contributed by atoms with Crippen LogP contribution >= 0.6 is 0 Å². The molecule has 0 atom stereocenters. The molecule has 0 bridgehead atoms. The van der Waals surface area contributed by atoms with E-state index in [1.807, 2.05) is 13.0 Å². The third-order valence-electron chi connectivity index (χ3n) is 3.60. The lowest BCUT2D eigenvalue weighted by atomic mass is 9.90. The third kappa shape index (κ3) is 2.82. The van der Waals surface area contributed by atoms with E-state index in [4.69, 9.17) is 0 Å². The number of rotatable bonds is 2. The van der Waals surface area contributed by atoms with E-state index in [1.54, 1.807) is 6.07 Å². The summed E-state index contributed by atoms with van der Waals surface area (Å²) in [7, 11) is 2.17. The Labute approximate surface area is 97.3 Å². The molecule has 1 aliphatic heterocycles. The average Bonchev–Trinajstić information content (AvgIpc) is 2.27. The lowest BCUT2D eigenvalue weighted by Gasteiger charge is -2.28. The van der Waals surface area contributed by atoms with E-state index in [1.165, 1.54) is 25.9 Å². The first-order chi connectivity index (χ1) is 7.65. The molecule has 2 heteroatoms. The number of aryl methyl sites for hydroxylation is 1. The van der Waals surface area contributed by atoms with Crippen LogP contribution in [0.4, 0.5) is 4.39 Å². The van der Waals surface area contributed by atoms with Crippen LogP contribution in [0.1, 0.15) is 24.0 Å². The lowest BCUT2D eigenvalue weighted by molar-refractivity contribution is 0.219. The summed E-state index contributed by atoms with van der Waals surface area (Å²) in [6, 6.07) is 5.66. The maximum absolute atomic E-state index is 13.4. The largest absolute Gasteiger partial charge is 0.306 e. The molecule has 0 unspecified atom stereocenters. The Morgan fingerprint density at radius 3 is 2.62 bits per heavy atom. The van der Waals surface area contributed by atoms with Gasteiger partial charge in [-0.15, -0.1) is 0 Å². The maximum atomic E-state index is 13.4. The smallest absolute Gasteiger partial charge is 0.126 e. The van der Waals surface area contributed by atoms with Crippen molar-refractivity contribution in [2.75, 3.05) is 20.1 Å². The predicted molar refractivity (Wildman–Crippen MR) is 65.1 cm³/mol. The van der Waals surface area contributed by atoms with Gasteiger partial charge >= 0.3 is 0 Å². The molecule has 1 aliphatic rings. The van der Waals surface area contributed by atoms with Gasteiger partial charge in [0.2, 0.25) is 0 Å². The van der Waals surface area contributed by atoms with E-state index in [9.17, 15) is 4.39 Å². The van der Waals surface area contributed by atoms with E-state index in [0.717, 1.165) is 23.5 Å². The second-order valence-electron chi connectivity index (χ2n) is 5.03. The van der Waals surface area contributed by atoms with Crippen LogP contribution in [-0.2, 0) is 6.42 Å². The van der Waals surface area contributed by atoms with Crippen LogP contribution in [0.2, 0.25) is 0 Å². The Morgan fingerprint density at radius 2 is 2.00 bits per heavy atom. The molecule has 0 aromatic heterocycles. The molecule has 1 fully saturated rings. The molecule has 0 saturated carbocycles. The number of hydrogen-bond acceptors (Lipinski definition) is 1. The van der Waals surface area contributed by atoms with Gasteiger partial charge in [0.05, 0.1) is 0 Å². The van der Waals surface area contributed by atoms with Gasteiger partial charge < -0.3 is 4.90 Å². The molecule has 1 saturated heterocycles. The molecule has 2 rings (SSSR count). The number of nitrogens with zero attached hydrogens (tertiary/aromatic N) is 1. The summed E-state index contributed by atoms with van der Waals surface area (Å²) in [6.07, 6.45) is 3.52. The van der Waals surface area contributed by atoms with Crippen molar-refractivity contribution in [3.05, 3.63) is 35.1 Å². The van der Waals surface area contributed by atoms with E-state index in [2.05, 4.69) is 18.0 Å². The average molecular weight is 221 g/mol. The molecule has 0 amide bonds. The molecular weight excluding hydrogens is 201 g/mol. The Morgan fingerprint density at radius 1 is 1.31 bits per heavy atom. The highest BCUT2D eigenvalue weighted by atomic mass is 19.1. The van der Waals surface area contributed by atoms with E-state index < -0.39 is 0 Å². The highest BCUT2D eigenvalue weighted by Gasteiger charge is 2.17. The van der Waals surface area contributed by atoms with Crippen molar-refractivity contribution in [3.8, 4) is 0 Å². The van der Waals surface area contributed by atoms with Gasteiger partial charge in [-0.1, -0.05) is 12.1 Å². The quantitative estimate of drug-likeness (QED) is 0.742. The van der Waals surface area contributed by atoms with Gasteiger partial charge in [-0.2, -0.15) is 0 Å². The molecule has 0 spiro atoms. The molecule has 0 N–H and O–H groups in total. The Balaban J connectivity index is 1.96. The molecule has 1 aromatic carbocycles. The molecule has 0 aliphatic carbocycles. The topological polar surface area (TPSA) is 3.24 Å². The van der Waals surface area contributed by atoms with Gasteiger partial charge in [0.1, 0.15) is 5.82 Å². The van der Waals surface area contributed by atoms with Crippen LogP contribution in [0.3, 0.4) is 0 Å². The predicted octanol–water partition coefficient (Wildman–Crippen LogP) is 3.02. The summed E-state index contributed by atoms with van der Waals surface area (Å²) in [4.78, 5) is 2.37. The summed E-state index contributed by atoms with van der Waals surface area (Å²) in [5, 5.41) is 0. The first-order valence-corrected chi connectivity index (χ1v) is 6.08. The maximum Gasteiger partial charge on any atom is 0.126 e. The van der Waals surface area contributed by atoms with Gasteiger partial charge in [-0.05, 0) is 69.4 Å². The minimum Gasteiger partial charge on any atom is -0.306 e. The van der Waals surface area contributed by atoms with Crippen LogP contribution in [0.5, 0.6) is 0 Å². The number of likely N-dealkylation sites (tertiary alicyclic amines) is 1. The Bertz CT molecular complexity index is 354. The molecule has 0 radical (unpaired) electrons. The fourth-order valence-electron chi connectivity index (χ4n) is 2.36. The standard InChI is InChI=1S/C14H20FN/c1-11-3-4-13(10-14(11)15)9-12-5-7-16(2)8-6-12/h3-4,10,12H,5-9H2,1-2H3. The molecule has 1 nitrogen and oxygen atoms in total. The zero-order chi connectivity index (χ0) is 11.5. The Kier molecular flexibility index (Phi) is 3.59. The van der Waals surface area contributed by atoms with Crippen molar-refractivity contribution >= 4 is 0 Å². The number of piperidine rings is 1. The minimum absolute atomic E-state index is 0.0644. The van der Waals surface area contributed by atoms with Crippen molar-refractivity contribution in [2.45, 2.75) is 26.2 Å². The van der Waals surface area contributed by atoms with Gasteiger partial charge in [0, 0.05) is 0 Å². The Hall–Kier alpha value is -0.890. The van der Waals surface area contributed by atoms with Crippen molar-refractivity contribution in [1.29, 1.82) is 0 Å².